The van der Waals surface area contributed by atoms with Crippen molar-refractivity contribution in [2.75, 3.05) is 16.2 Å². The highest BCUT2D eigenvalue weighted by Crippen LogP contribution is 2.37. The Bertz CT molecular complexity index is 1080. The molecule has 1 N–H and O–H groups in total. The van der Waals surface area contributed by atoms with Gasteiger partial charge in [-0.15, -0.1) is 0 Å². The molecule has 0 aliphatic carbocycles. The summed E-state index contributed by atoms with van der Waals surface area (Å²) in [4.78, 5) is 16.4. The summed E-state index contributed by atoms with van der Waals surface area (Å²) in [5.41, 5.74) is 0.554. The van der Waals surface area contributed by atoms with E-state index in [4.69, 9.17) is 9.47 Å². The van der Waals surface area contributed by atoms with Crippen molar-refractivity contribution in [2.24, 2.45) is 0 Å². The van der Waals surface area contributed by atoms with E-state index in [2.05, 4.69) is 16.9 Å². The van der Waals surface area contributed by atoms with E-state index in [-0.39, 0.29) is 23.0 Å². The minimum atomic E-state index is -3.89. The third-order valence-electron chi connectivity index (χ3n) is 4.16. The third-order valence-corrected chi connectivity index (χ3v) is 5.94. The molecule has 0 spiro atoms. The molecule has 9 heteroatoms. The number of carbonyl (C=O) groups excluding carboxylic acids is 1. The minimum Gasteiger partial charge on any atom is -0.471 e. The van der Waals surface area contributed by atoms with Crippen molar-refractivity contribution in [1.82, 2.24) is 4.98 Å². The highest BCUT2D eigenvalue weighted by atomic mass is 32.2. The highest BCUT2D eigenvalue weighted by molar-refractivity contribution is 7.92. The number of carbonyl (C=O) groups is 1. The van der Waals surface area contributed by atoms with E-state index in [9.17, 15) is 13.2 Å². The molecular formula is C21H25N3O5S. The van der Waals surface area contributed by atoms with Crippen LogP contribution in [-0.4, -0.2) is 37.7 Å². The van der Waals surface area contributed by atoms with Gasteiger partial charge in [-0.2, -0.15) is 0 Å². The molecule has 3 rings (SSSR count). The molecule has 160 valence electrons. The van der Waals surface area contributed by atoms with Crippen molar-refractivity contribution >= 4 is 33.6 Å². The second kappa shape index (κ2) is 7.98. The second-order valence-corrected chi connectivity index (χ2v) is 9.78. The maximum Gasteiger partial charge on any atom is 0.412 e. The lowest BCUT2D eigenvalue weighted by atomic mass is 10.2. The van der Waals surface area contributed by atoms with Crippen LogP contribution in [0.3, 0.4) is 0 Å². The van der Waals surface area contributed by atoms with Crippen LogP contribution in [0.15, 0.2) is 48.0 Å². The van der Waals surface area contributed by atoms with Gasteiger partial charge >= 0.3 is 6.09 Å². The molecular weight excluding hydrogens is 406 g/mol. The van der Waals surface area contributed by atoms with Crippen molar-refractivity contribution in [3.63, 3.8) is 0 Å². The number of pyridine rings is 1. The quantitative estimate of drug-likeness (QED) is 0.784. The summed E-state index contributed by atoms with van der Waals surface area (Å²) < 4.78 is 38.9. The van der Waals surface area contributed by atoms with Gasteiger partial charge in [0, 0.05) is 0 Å². The molecule has 30 heavy (non-hydrogen) atoms. The Morgan fingerprint density at radius 1 is 1.37 bits per heavy atom. The zero-order chi connectivity index (χ0) is 22.1. The lowest BCUT2D eigenvalue weighted by molar-refractivity contribution is 0.0636. The van der Waals surface area contributed by atoms with Crippen molar-refractivity contribution in [2.45, 2.75) is 44.3 Å². The van der Waals surface area contributed by atoms with Crippen LogP contribution in [0.5, 0.6) is 5.88 Å². The minimum absolute atomic E-state index is 0.102. The van der Waals surface area contributed by atoms with Crippen LogP contribution < -0.4 is 14.4 Å². The number of hydrogen-bond acceptors (Lipinski definition) is 6. The largest absolute Gasteiger partial charge is 0.471 e. The average molecular weight is 432 g/mol. The van der Waals surface area contributed by atoms with E-state index in [1.807, 2.05) is 0 Å². The molecule has 2 aromatic rings. The first-order valence-electron chi connectivity index (χ1n) is 9.41. The van der Waals surface area contributed by atoms with E-state index in [0.717, 1.165) is 0 Å². The first-order valence-corrected chi connectivity index (χ1v) is 10.9. The predicted molar refractivity (Wildman–Crippen MR) is 115 cm³/mol. The first kappa shape index (κ1) is 21.6. The van der Waals surface area contributed by atoms with E-state index in [1.54, 1.807) is 52.0 Å². The maximum atomic E-state index is 13.4. The molecule has 8 nitrogen and oxygen atoms in total. The molecule has 1 aliphatic rings. The molecule has 2 heterocycles. The van der Waals surface area contributed by atoms with E-state index < -0.39 is 27.8 Å². The van der Waals surface area contributed by atoms with E-state index >= 15 is 0 Å². The van der Waals surface area contributed by atoms with Gasteiger partial charge < -0.3 is 9.47 Å². The van der Waals surface area contributed by atoms with Crippen molar-refractivity contribution in [3.8, 4) is 5.88 Å². The van der Waals surface area contributed by atoms with E-state index in [0.29, 0.717) is 11.3 Å². The number of nitrogens with zero attached hydrogens (tertiary/aromatic N) is 2. The predicted octanol–water partition coefficient (Wildman–Crippen LogP) is 4.05. The van der Waals surface area contributed by atoms with Crippen LogP contribution in [0.25, 0.3) is 6.08 Å². The van der Waals surface area contributed by atoms with Crippen LogP contribution in [0.4, 0.5) is 16.2 Å². The Morgan fingerprint density at radius 2 is 2.10 bits per heavy atom. The summed E-state index contributed by atoms with van der Waals surface area (Å²) in [5, 5.41) is 2.58. The third kappa shape index (κ3) is 4.73. The standard InChI is InChI=1S/C21H25N3O5S/c1-6-15-8-7-9-17(10-15)30(26,27)24-13-14(2)28-19-18(24)11-16(12-22-19)23-20(25)29-21(3,4)5/h6-12,14H,1,13H2,2-5H3,(H,23,25)/t14-/m0/s1. The van der Waals surface area contributed by atoms with Crippen LogP contribution >= 0.6 is 0 Å². The van der Waals surface area contributed by atoms with Gasteiger partial charge in [0.2, 0.25) is 5.88 Å². The number of anilines is 2. The summed E-state index contributed by atoms with van der Waals surface area (Å²) in [6.07, 6.45) is 1.91. The zero-order valence-electron chi connectivity index (χ0n) is 17.4. The molecule has 0 saturated heterocycles. The van der Waals surface area contributed by atoms with Gasteiger partial charge in [-0.1, -0.05) is 24.8 Å². The molecule has 0 unspecified atom stereocenters. The van der Waals surface area contributed by atoms with Crippen molar-refractivity contribution in [1.29, 1.82) is 0 Å². The number of fused-ring (bicyclic) bond motifs is 1. The van der Waals surface area contributed by atoms with Crippen LogP contribution in [0, 0.1) is 0 Å². The van der Waals surface area contributed by atoms with Gasteiger partial charge in [-0.25, -0.2) is 18.2 Å². The molecule has 1 aliphatic heterocycles. The smallest absolute Gasteiger partial charge is 0.412 e. The Hall–Kier alpha value is -3.07. The Balaban J connectivity index is 1.98. The number of amides is 1. The molecule has 1 amide bonds. The fourth-order valence-corrected chi connectivity index (χ4v) is 4.50. The summed E-state index contributed by atoms with van der Waals surface area (Å²) in [6, 6.07) is 8.02. The Kier molecular flexibility index (Phi) is 5.76. The van der Waals surface area contributed by atoms with Gasteiger partial charge in [0.15, 0.2) is 0 Å². The van der Waals surface area contributed by atoms with Gasteiger partial charge in [0.25, 0.3) is 10.0 Å². The molecule has 1 aromatic carbocycles. The number of ether oxygens (including phenoxy) is 2. The fraction of sp³-hybridized carbons (Fsp3) is 0.333. The molecule has 1 atom stereocenters. The van der Waals surface area contributed by atoms with Crippen LogP contribution in [0.1, 0.15) is 33.3 Å². The Morgan fingerprint density at radius 3 is 2.77 bits per heavy atom. The summed E-state index contributed by atoms with van der Waals surface area (Å²) in [6.45, 7) is 10.8. The van der Waals surface area contributed by atoms with Crippen molar-refractivity contribution in [3.05, 3.63) is 48.7 Å². The first-order chi connectivity index (χ1) is 14.0. The van der Waals surface area contributed by atoms with Gasteiger partial charge in [-0.05, 0) is 51.5 Å². The summed E-state index contributed by atoms with van der Waals surface area (Å²) >= 11 is 0. The van der Waals surface area contributed by atoms with Gasteiger partial charge in [-0.3, -0.25) is 9.62 Å². The van der Waals surface area contributed by atoms with Gasteiger partial charge in [0.05, 0.1) is 23.3 Å². The van der Waals surface area contributed by atoms with E-state index in [1.165, 1.54) is 22.6 Å². The number of hydrogen-bond donors (Lipinski definition) is 1. The topological polar surface area (TPSA) is 97.8 Å². The molecule has 0 bridgehead atoms. The van der Waals surface area contributed by atoms with Crippen LogP contribution in [0.2, 0.25) is 0 Å². The normalized spacial score (nSPS) is 16.3. The summed E-state index contributed by atoms with van der Waals surface area (Å²) in [7, 11) is -3.89. The van der Waals surface area contributed by atoms with Gasteiger partial charge in [0.1, 0.15) is 17.4 Å². The maximum absolute atomic E-state index is 13.4. The average Bonchev–Trinajstić information content (AvgIpc) is 2.66. The second-order valence-electron chi connectivity index (χ2n) is 7.92. The number of nitrogens with one attached hydrogen (secondary N) is 1. The molecule has 0 saturated carbocycles. The number of aromatic nitrogens is 1. The Labute approximate surface area is 176 Å². The zero-order valence-corrected chi connectivity index (χ0v) is 18.2. The number of benzene rings is 1. The molecule has 1 aromatic heterocycles. The lowest BCUT2D eigenvalue weighted by Gasteiger charge is -2.33. The molecule has 0 fully saturated rings. The highest BCUT2D eigenvalue weighted by Gasteiger charge is 2.34. The monoisotopic (exact) mass is 431 g/mol. The fourth-order valence-electron chi connectivity index (χ4n) is 2.92. The summed E-state index contributed by atoms with van der Waals surface area (Å²) in [5.74, 6) is 0.173. The number of rotatable bonds is 4. The lowest BCUT2D eigenvalue weighted by Crippen LogP contribution is -2.42. The SMILES string of the molecule is C=Cc1cccc(S(=O)(=O)N2C[C@H](C)Oc3ncc(NC(=O)OC(C)(C)C)cc32)c1. The van der Waals surface area contributed by atoms with Crippen LogP contribution in [-0.2, 0) is 14.8 Å². The van der Waals surface area contributed by atoms with Crippen molar-refractivity contribution < 1.29 is 22.7 Å². The number of sulfonamides is 1. The molecule has 0 radical (unpaired) electrons.